The van der Waals surface area contributed by atoms with Crippen LogP contribution in [-0.4, -0.2) is 63.3 Å². The topological polar surface area (TPSA) is 161 Å². The lowest BCUT2D eigenvalue weighted by Crippen LogP contribution is -2.24. The predicted octanol–water partition coefficient (Wildman–Crippen LogP) is -0.489. The highest BCUT2D eigenvalue weighted by Crippen LogP contribution is 2.13. The summed E-state index contributed by atoms with van der Waals surface area (Å²) in [7, 11) is -3.70. The lowest BCUT2D eigenvalue weighted by Gasteiger charge is -2.15. The number of aromatic nitrogens is 5. The Kier molecular flexibility index (Phi) is 5.99. The van der Waals surface area contributed by atoms with Crippen molar-refractivity contribution in [2.24, 2.45) is 0 Å². The van der Waals surface area contributed by atoms with E-state index in [9.17, 15) is 23.3 Å². The number of nitro groups is 1. The summed E-state index contributed by atoms with van der Waals surface area (Å²) in [5, 5.41) is 18.6. The third-order valence-electron chi connectivity index (χ3n) is 3.10. The summed E-state index contributed by atoms with van der Waals surface area (Å²) in [5.74, 6) is -0.764. The maximum absolute atomic E-state index is 11.2. The SMILES string of the molecule is CC(=O)OCC(COS(C)(=O)=O)n1cc(Cn2cncc2[N+](=O)[O-])nn1. The van der Waals surface area contributed by atoms with E-state index in [1.54, 1.807) is 0 Å². The van der Waals surface area contributed by atoms with Gasteiger partial charge in [-0.2, -0.15) is 8.42 Å². The number of carbonyl (C=O) groups is 1. The van der Waals surface area contributed by atoms with Crippen LogP contribution in [0.5, 0.6) is 0 Å². The van der Waals surface area contributed by atoms with E-state index in [2.05, 4.69) is 15.3 Å². The number of esters is 1. The standard InChI is InChI=1S/C12H16N6O7S/c1-9(19)24-6-11(7-25-26(2,22)23)17-5-10(14-15-17)4-16-8-13-3-12(16)18(20)21/h3,5,8,11H,4,6-7H2,1-2H3. The smallest absolute Gasteiger partial charge is 0.342 e. The van der Waals surface area contributed by atoms with Crippen molar-refractivity contribution in [1.82, 2.24) is 24.5 Å². The molecule has 1 atom stereocenters. The van der Waals surface area contributed by atoms with Gasteiger partial charge in [-0.25, -0.2) is 14.2 Å². The Morgan fingerprint density at radius 1 is 1.42 bits per heavy atom. The Morgan fingerprint density at radius 3 is 2.77 bits per heavy atom. The van der Waals surface area contributed by atoms with Gasteiger partial charge in [-0.15, -0.1) is 5.10 Å². The highest BCUT2D eigenvalue weighted by Gasteiger charge is 2.20. The number of hydrogen-bond donors (Lipinski definition) is 0. The summed E-state index contributed by atoms with van der Waals surface area (Å²) in [6.07, 6.45) is 4.72. The molecule has 0 saturated heterocycles. The van der Waals surface area contributed by atoms with E-state index in [4.69, 9.17) is 8.92 Å². The van der Waals surface area contributed by atoms with Crippen LogP contribution in [-0.2, 0) is 30.4 Å². The summed E-state index contributed by atoms with van der Waals surface area (Å²) >= 11 is 0. The van der Waals surface area contributed by atoms with Crippen LogP contribution in [0.25, 0.3) is 0 Å². The molecule has 2 aromatic heterocycles. The maximum Gasteiger partial charge on any atom is 0.342 e. The van der Waals surface area contributed by atoms with Crippen molar-refractivity contribution in [3.05, 3.63) is 34.5 Å². The van der Waals surface area contributed by atoms with Crippen LogP contribution >= 0.6 is 0 Å². The van der Waals surface area contributed by atoms with E-state index in [1.165, 1.54) is 28.7 Å². The summed E-state index contributed by atoms with van der Waals surface area (Å²) in [5.41, 5.74) is 0.360. The zero-order valence-electron chi connectivity index (χ0n) is 13.9. The second-order valence-corrected chi connectivity index (χ2v) is 6.92. The summed E-state index contributed by atoms with van der Waals surface area (Å²) in [6.45, 7) is 0.738. The van der Waals surface area contributed by atoms with E-state index in [1.807, 2.05) is 0 Å². The van der Waals surface area contributed by atoms with Crippen LogP contribution in [0.2, 0.25) is 0 Å². The molecule has 0 saturated carbocycles. The van der Waals surface area contributed by atoms with Gasteiger partial charge in [-0.1, -0.05) is 5.21 Å². The molecule has 0 radical (unpaired) electrons. The molecule has 0 bridgehead atoms. The Morgan fingerprint density at radius 2 is 2.15 bits per heavy atom. The van der Waals surface area contributed by atoms with Gasteiger partial charge < -0.3 is 14.9 Å². The highest BCUT2D eigenvalue weighted by molar-refractivity contribution is 7.85. The number of rotatable bonds is 9. The normalized spacial score (nSPS) is 12.7. The fourth-order valence-corrected chi connectivity index (χ4v) is 2.35. The van der Waals surface area contributed by atoms with Crippen molar-refractivity contribution in [3.8, 4) is 0 Å². The molecule has 0 aliphatic carbocycles. The molecule has 0 amide bonds. The molecule has 0 aliphatic rings. The van der Waals surface area contributed by atoms with Crippen LogP contribution < -0.4 is 0 Å². The minimum absolute atomic E-state index is 0.0313. The molecule has 14 heteroatoms. The monoisotopic (exact) mass is 388 g/mol. The molecule has 2 heterocycles. The molecule has 0 spiro atoms. The molecule has 2 rings (SSSR count). The molecule has 0 aliphatic heterocycles. The van der Waals surface area contributed by atoms with E-state index in [0.717, 1.165) is 12.5 Å². The quantitative estimate of drug-likeness (QED) is 0.237. The fraction of sp³-hybridized carbons (Fsp3) is 0.500. The average molecular weight is 388 g/mol. The van der Waals surface area contributed by atoms with Crippen molar-refractivity contribution < 1.29 is 27.1 Å². The number of hydrogen-bond acceptors (Lipinski definition) is 10. The van der Waals surface area contributed by atoms with Crippen LogP contribution in [0.3, 0.4) is 0 Å². The van der Waals surface area contributed by atoms with Gasteiger partial charge in [0.2, 0.25) is 0 Å². The fourth-order valence-electron chi connectivity index (χ4n) is 1.94. The zero-order valence-corrected chi connectivity index (χ0v) is 14.7. The second-order valence-electron chi connectivity index (χ2n) is 5.27. The average Bonchev–Trinajstić information content (AvgIpc) is 3.16. The third kappa shape index (κ3) is 5.59. The van der Waals surface area contributed by atoms with Gasteiger partial charge in [-0.05, 0) is 4.92 Å². The highest BCUT2D eigenvalue weighted by atomic mass is 32.2. The van der Waals surface area contributed by atoms with Crippen LogP contribution in [0.15, 0.2) is 18.7 Å². The molecule has 26 heavy (non-hydrogen) atoms. The van der Waals surface area contributed by atoms with E-state index in [0.29, 0.717) is 5.69 Å². The lowest BCUT2D eigenvalue weighted by molar-refractivity contribution is -0.392. The second kappa shape index (κ2) is 8.01. The van der Waals surface area contributed by atoms with Gasteiger partial charge in [0.1, 0.15) is 31.1 Å². The molecule has 1 unspecified atom stereocenters. The summed E-state index contributed by atoms with van der Waals surface area (Å²) in [6, 6.07) is -0.743. The molecule has 13 nitrogen and oxygen atoms in total. The molecule has 0 N–H and O–H groups in total. The minimum Gasteiger partial charge on any atom is -0.463 e. The van der Waals surface area contributed by atoms with Crippen LogP contribution in [0.1, 0.15) is 18.7 Å². The molecular weight excluding hydrogens is 372 g/mol. The van der Waals surface area contributed by atoms with Crippen molar-refractivity contribution in [1.29, 1.82) is 0 Å². The van der Waals surface area contributed by atoms with Gasteiger partial charge in [0, 0.05) is 6.92 Å². The first kappa shape index (κ1) is 19.5. The zero-order chi connectivity index (χ0) is 19.3. The van der Waals surface area contributed by atoms with Crippen molar-refractivity contribution in [2.45, 2.75) is 19.5 Å². The number of ether oxygens (including phenoxy) is 1. The van der Waals surface area contributed by atoms with Crippen molar-refractivity contribution in [3.63, 3.8) is 0 Å². The van der Waals surface area contributed by atoms with Gasteiger partial charge in [-0.3, -0.25) is 8.98 Å². The Hall–Kier alpha value is -2.87. The summed E-state index contributed by atoms with van der Waals surface area (Å²) < 4.78 is 34.5. The number of nitrogens with zero attached hydrogens (tertiary/aromatic N) is 6. The molecular formula is C12H16N6O7S. The van der Waals surface area contributed by atoms with Crippen LogP contribution in [0, 0.1) is 10.1 Å². The first-order chi connectivity index (χ1) is 12.2. The Balaban J connectivity index is 2.14. The Bertz CT molecular complexity index is 890. The third-order valence-corrected chi connectivity index (χ3v) is 3.66. The predicted molar refractivity (Wildman–Crippen MR) is 84.5 cm³/mol. The van der Waals surface area contributed by atoms with E-state index < -0.39 is 27.1 Å². The minimum atomic E-state index is -3.70. The summed E-state index contributed by atoms with van der Waals surface area (Å²) in [4.78, 5) is 25.0. The number of imidazole rings is 1. The number of carbonyl (C=O) groups excluding carboxylic acids is 1. The maximum atomic E-state index is 11.2. The van der Waals surface area contributed by atoms with Gasteiger partial charge in [0.15, 0.2) is 6.33 Å². The first-order valence-corrected chi connectivity index (χ1v) is 9.00. The Labute approximate surface area is 147 Å². The van der Waals surface area contributed by atoms with Gasteiger partial charge in [0.25, 0.3) is 10.1 Å². The molecule has 142 valence electrons. The van der Waals surface area contributed by atoms with E-state index in [-0.39, 0.29) is 25.6 Å². The van der Waals surface area contributed by atoms with E-state index >= 15 is 0 Å². The van der Waals surface area contributed by atoms with Crippen molar-refractivity contribution in [2.75, 3.05) is 19.5 Å². The van der Waals surface area contributed by atoms with Crippen molar-refractivity contribution >= 4 is 21.9 Å². The van der Waals surface area contributed by atoms with Gasteiger partial charge >= 0.3 is 11.8 Å². The first-order valence-electron chi connectivity index (χ1n) is 7.18. The van der Waals surface area contributed by atoms with Gasteiger partial charge in [0.05, 0.1) is 19.1 Å². The molecule has 0 aromatic carbocycles. The molecule has 2 aromatic rings. The lowest BCUT2D eigenvalue weighted by atomic mass is 10.3. The molecule has 0 fully saturated rings. The largest absolute Gasteiger partial charge is 0.463 e. The van der Waals surface area contributed by atoms with Crippen LogP contribution in [0.4, 0.5) is 5.82 Å².